The Morgan fingerprint density at radius 3 is 2.73 bits per heavy atom. The number of nitrogens with one attached hydrogen (secondary N) is 1. The molecule has 4 nitrogen and oxygen atoms in total. The quantitative estimate of drug-likeness (QED) is 0.740. The summed E-state index contributed by atoms with van der Waals surface area (Å²) in [5.74, 6) is 1.20. The predicted octanol–water partition coefficient (Wildman–Crippen LogP) is 4.18. The Morgan fingerprint density at radius 2 is 1.92 bits per heavy atom. The summed E-state index contributed by atoms with van der Waals surface area (Å²) >= 11 is 6.02. The fourth-order valence-corrected chi connectivity index (χ4v) is 3.27. The number of carbonyl (C=O) groups excluding carboxylic acids is 1. The molecule has 0 spiro atoms. The van der Waals surface area contributed by atoms with Crippen molar-refractivity contribution in [2.45, 2.75) is 38.7 Å². The molecule has 138 valence electrons. The first kappa shape index (κ1) is 18.6. The van der Waals surface area contributed by atoms with E-state index >= 15 is 0 Å². The Hall–Kier alpha value is -2.20. The number of amides is 1. The van der Waals surface area contributed by atoms with Gasteiger partial charge in [0.15, 0.2) is 6.10 Å². The van der Waals surface area contributed by atoms with E-state index in [1.54, 1.807) is 19.1 Å². The molecule has 3 rings (SSSR count). The topological polar surface area (TPSA) is 47.6 Å². The molecule has 1 N–H and O–H groups in total. The number of para-hydroxylation sites is 1. The Bertz CT molecular complexity index is 763. The second-order valence-electron chi connectivity index (χ2n) is 6.47. The molecule has 1 aliphatic carbocycles. The van der Waals surface area contributed by atoms with Gasteiger partial charge in [-0.15, -0.1) is 0 Å². The summed E-state index contributed by atoms with van der Waals surface area (Å²) in [7, 11) is 0. The third-order valence-corrected chi connectivity index (χ3v) is 4.81. The zero-order valence-electron chi connectivity index (χ0n) is 15.0. The van der Waals surface area contributed by atoms with E-state index in [4.69, 9.17) is 21.1 Å². The van der Waals surface area contributed by atoms with Crippen LogP contribution in [0.25, 0.3) is 0 Å². The van der Waals surface area contributed by atoms with Crippen LogP contribution in [0.15, 0.2) is 42.5 Å². The van der Waals surface area contributed by atoms with Crippen molar-refractivity contribution in [1.82, 2.24) is 5.32 Å². The highest BCUT2D eigenvalue weighted by molar-refractivity contribution is 6.32. The molecule has 2 aromatic rings. The number of benzene rings is 2. The van der Waals surface area contributed by atoms with E-state index in [1.807, 2.05) is 18.2 Å². The Morgan fingerprint density at radius 1 is 1.15 bits per heavy atom. The van der Waals surface area contributed by atoms with E-state index in [1.165, 1.54) is 24.0 Å². The molecule has 1 atom stereocenters. The van der Waals surface area contributed by atoms with Gasteiger partial charge in [0.25, 0.3) is 5.91 Å². The van der Waals surface area contributed by atoms with Gasteiger partial charge in [-0.1, -0.05) is 29.8 Å². The van der Waals surface area contributed by atoms with Crippen LogP contribution in [-0.4, -0.2) is 25.2 Å². The molecule has 0 aliphatic heterocycles. The second kappa shape index (κ2) is 8.95. The minimum absolute atomic E-state index is 0.162. The third-order valence-electron chi connectivity index (χ3n) is 4.50. The first-order valence-electron chi connectivity index (χ1n) is 9.07. The number of hydrogen-bond donors (Lipinski definition) is 1. The van der Waals surface area contributed by atoms with E-state index in [-0.39, 0.29) is 5.91 Å². The maximum absolute atomic E-state index is 12.2. The van der Waals surface area contributed by atoms with Crippen molar-refractivity contribution in [3.05, 3.63) is 58.6 Å². The van der Waals surface area contributed by atoms with Crippen LogP contribution in [0.1, 0.15) is 30.9 Å². The lowest BCUT2D eigenvalue weighted by Gasteiger charge is -2.19. The Kier molecular flexibility index (Phi) is 6.40. The summed E-state index contributed by atoms with van der Waals surface area (Å²) in [6, 6.07) is 13.4. The van der Waals surface area contributed by atoms with E-state index in [0.717, 1.165) is 18.6 Å². The van der Waals surface area contributed by atoms with Crippen molar-refractivity contribution < 1.29 is 14.3 Å². The van der Waals surface area contributed by atoms with E-state index in [2.05, 4.69) is 17.4 Å². The van der Waals surface area contributed by atoms with Crippen LogP contribution in [-0.2, 0) is 17.6 Å². The third kappa shape index (κ3) is 4.92. The number of fused-ring (bicyclic) bond motifs is 1. The molecule has 1 amide bonds. The molecule has 0 aromatic heterocycles. The van der Waals surface area contributed by atoms with Crippen LogP contribution in [0.2, 0.25) is 5.02 Å². The van der Waals surface area contributed by atoms with Gasteiger partial charge in [-0.05, 0) is 68.0 Å². The summed E-state index contributed by atoms with van der Waals surface area (Å²) in [5.41, 5.74) is 2.74. The monoisotopic (exact) mass is 373 g/mol. The second-order valence-corrected chi connectivity index (χ2v) is 6.87. The van der Waals surface area contributed by atoms with Gasteiger partial charge in [-0.25, -0.2) is 0 Å². The summed E-state index contributed by atoms with van der Waals surface area (Å²) in [4.78, 5) is 12.2. The van der Waals surface area contributed by atoms with Crippen LogP contribution in [0, 0.1) is 0 Å². The average Bonchev–Trinajstić information content (AvgIpc) is 2.66. The summed E-state index contributed by atoms with van der Waals surface area (Å²) in [5, 5.41) is 3.38. The van der Waals surface area contributed by atoms with Gasteiger partial charge in [-0.3, -0.25) is 4.79 Å². The molecular weight excluding hydrogens is 350 g/mol. The van der Waals surface area contributed by atoms with Crippen molar-refractivity contribution in [1.29, 1.82) is 0 Å². The van der Waals surface area contributed by atoms with Crippen LogP contribution in [0.3, 0.4) is 0 Å². The molecule has 2 aromatic carbocycles. The Labute approximate surface area is 159 Å². The van der Waals surface area contributed by atoms with Gasteiger partial charge in [0, 0.05) is 0 Å². The highest BCUT2D eigenvalue weighted by Crippen LogP contribution is 2.26. The van der Waals surface area contributed by atoms with Gasteiger partial charge in [0.05, 0.1) is 11.6 Å². The largest absolute Gasteiger partial charge is 0.490 e. The fourth-order valence-electron chi connectivity index (χ4n) is 3.08. The van der Waals surface area contributed by atoms with E-state index < -0.39 is 6.10 Å². The predicted molar refractivity (Wildman–Crippen MR) is 103 cm³/mol. The SMILES string of the molecule is C[C@H](Oc1ccc2c(c1)CCCC2)C(=O)NCCOc1ccccc1Cl. The van der Waals surface area contributed by atoms with Crippen LogP contribution >= 0.6 is 11.6 Å². The minimum atomic E-state index is -0.558. The first-order chi connectivity index (χ1) is 12.6. The number of rotatable bonds is 7. The molecule has 1 aliphatic rings. The lowest BCUT2D eigenvalue weighted by atomic mass is 9.92. The molecule has 26 heavy (non-hydrogen) atoms. The number of halogens is 1. The number of ether oxygens (including phenoxy) is 2. The highest BCUT2D eigenvalue weighted by Gasteiger charge is 2.16. The van der Waals surface area contributed by atoms with Gasteiger partial charge in [-0.2, -0.15) is 0 Å². The normalized spacial score (nSPS) is 14.2. The lowest BCUT2D eigenvalue weighted by molar-refractivity contribution is -0.127. The van der Waals surface area contributed by atoms with Gasteiger partial charge >= 0.3 is 0 Å². The molecule has 0 radical (unpaired) electrons. The van der Waals surface area contributed by atoms with Crippen molar-refractivity contribution in [3.8, 4) is 11.5 Å². The van der Waals surface area contributed by atoms with E-state index in [0.29, 0.717) is 23.9 Å². The molecule has 0 unspecified atom stereocenters. The minimum Gasteiger partial charge on any atom is -0.490 e. The van der Waals surface area contributed by atoms with Crippen molar-refractivity contribution in [2.24, 2.45) is 0 Å². The number of hydrogen-bond acceptors (Lipinski definition) is 3. The first-order valence-corrected chi connectivity index (χ1v) is 9.45. The lowest BCUT2D eigenvalue weighted by Crippen LogP contribution is -2.38. The maximum Gasteiger partial charge on any atom is 0.260 e. The zero-order chi connectivity index (χ0) is 18.4. The molecule has 0 heterocycles. The van der Waals surface area contributed by atoms with Crippen LogP contribution in [0.4, 0.5) is 0 Å². The molecule has 0 fully saturated rings. The van der Waals surface area contributed by atoms with Crippen molar-refractivity contribution in [3.63, 3.8) is 0 Å². The molecule has 5 heteroatoms. The highest BCUT2D eigenvalue weighted by atomic mass is 35.5. The zero-order valence-corrected chi connectivity index (χ0v) is 15.7. The summed E-state index contributed by atoms with van der Waals surface area (Å²) in [6.45, 7) is 2.49. The van der Waals surface area contributed by atoms with E-state index in [9.17, 15) is 4.79 Å². The van der Waals surface area contributed by atoms with Crippen LogP contribution < -0.4 is 14.8 Å². The number of aryl methyl sites for hydroxylation is 2. The maximum atomic E-state index is 12.2. The smallest absolute Gasteiger partial charge is 0.260 e. The molecule has 0 saturated heterocycles. The molecule has 0 bridgehead atoms. The van der Waals surface area contributed by atoms with Gasteiger partial charge in [0.1, 0.15) is 18.1 Å². The Balaban J connectivity index is 1.44. The fraction of sp³-hybridized carbons (Fsp3) is 0.381. The van der Waals surface area contributed by atoms with Gasteiger partial charge in [0.2, 0.25) is 0 Å². The standard InChI is InChI=1S/C21H24ClNO3/c1-15(26-18-11-10-16-6-2-3-7-17(16)14-18)21(24)23-12-13-25-20-9-5-4-8-19(20)22/h4-5,8-11,14-15H,2-3,6-7,12-13H2,1H3,(H,23,24)/t15-/m0/s1. The number of carbonyl (C=O) groups is 1. The molecular formula is C21H24ClNO3. The van der Waals surface area contributed by atoms with Crippen molar-refractivity contribution >= 4 is 17.5 Å². The summed E-state index contributed by atoms with van der Waals surface area (Å²) in [6.07, 6.45) is 4.14. The van der Waals surface area contributed by atoms with Gasteiger partial charge < -0.3 is 14.8 Å². The molecule has 0 saturated carbocycles. The van der Waals surface area contributed by atoms with Crippen molar-refractivity contribution in [2.75, 3.05) is 13.2 Å². The summed E-state index contributed by atoms with van der Waals surface area (Å²) < 4.78 is 11.4. The average molecular weight is 374 g/mol. The van der Waals surface area contributed by atoms with Crippen LogP contribution in [0.5, 0.6) is 11.5 Å².